The molecule has 0 saturated heterocycles. The van der Waals surface area contributed by atoms with E-state index in [0.29, 0.717) is 12.8 Å². The number of halogens is 1. The van der Waals surface area contributed by atoms with E-state index in [0.717, 1.165) is 36.6 Å². The standard InChI is InChI=1S/C23H33BBrO3S/c1-16-22(25)14-19(29-16)10-8-18(27)9-11-20-17(15-24)13-23(28)21(20)7-5-3-2-4-6-12-26/h3,5,9,11,14-15,17-18,20-21,23,26-28H,2,4,6-8,10,12-13H2,1H3/b5-3-,11-9+/t17-,18-,20-,21+,23?/m0/s1. The SMILES string of the molecule is [B]=C[C@@H]1CC(O)[C@H](C/C=C\CCCCO)[C@H]1/C=C/[C@@H](O)CCc1cc(Br)c(C)s1. The first-order chi connectivity index (χ1) is 14.0. The Morgan fingerprint density at radius 2 is 2.14 bits per heavy atom. The molecule has 1 unspecified atom stereocenters. The summed E-state index contributed by atoms with van der Waals surface area (Å²) in [5.41, 5.74) is 0. The summed E-state index contributed by atoms with van der Waals surface area (Å²) in [6, 6.07) is 2.13. The predicted molar refractivity (Wildman–Crippen MR) is 128 cm³/mol. The topological polar surface area (TPSA) is 60.7 Å². The molecule has 6 heteroatoms. The maximum atomic E-state index is 10.5. The van der Waals surface area contributed by atoms with Gasteiger partial charge in [-0.2, -0.15) is 0 Å². The molecule has 0 amide bonds. The van der Waals surface area contributed by atoms with E-state index in [2.05, 4.69) is 47.1 Å². The fraction of sp³-hybridized carbons (Fsp3) is 0.609. The zero-order chi connectivity index (χ0) is 21.2. The van der Waals surface area contributed by atoms with Crippen molar-refractivity contribution in [1.29, 1.82) is 0 Å². The molecule has 1 aromatic rings. The molecule has 1 aliphatic rings. The van der Waals surface area contributed by atoms with Crippen molar-refractivity contribution in [2.75, 3.05) is 6.61 Å². The summed E-state index contributed by atoms with van der Waals surface area (Å²) < 4.78 is 1.14. The molecule has 1 saturated carbocycles. The van der Waals surface area contributed by atoms with Crippen molar-refractivity contribution in [2.24, 2.45) is 17.8 Å². The van der Waals surface area contributed by atoms with Crippen molar-refractivity contribution in [3.63, 3.8) is 0 Å². The average Bonchev–Trinajstić information content (AvgIpc) is 3.19. The first-order valence-electron chi connectivity index (χ1n) is 10.6. The van der Waals surface area contributed by atoms with Crippen molar-refractivity contribution in [2.45, 2.75) is 64.1 Å². The van der Waals surface area contributed by atoms with Crippen LogP contribution in [-0.2, 0) is 6.42 Å². The minimum absolute atomic E-state index is 0.119. The van der Waals surface area contributed by atoms with Crippen LogP contribution in [0.4, 0.5) is 0 Å². The van der Waals surface area contributed by atoms with Crippen LogP contribution in [0.3, 0.4) is 0 Å². The van der Waals surface area contributed by atoms with Crippen molar-refractivity contribution < 1.29 is 15.3 Å². The molecular formula is C23H33BBrO3S. The van der Waals surface area contributed by atoms with E-state index in [4.69, 9.17) is 12.6 Å². The van der Waals surface area contributed by atoms with Crippen LogP contribution in [0.5, 0.6) is 0 Å². The molecule has 2 rings (SSSR count). The van der Waals surface area contributed by atoms with Crippen LogP contribution in [0.25, 0.3) is 0 Å². The van der Waals surface area contributed by atoms with Crippen LogP contribution in [0.1, 0.15) is 48.3 Å². The van der Waals surface area contributed by atoms with Gasteiger partial charge in [-0.05, 0) is 0 Å². The molecule has 3 N–H and O–H groups in total. The third kappa shape index (κ3) is 7.91. The summed E-state index contributed by atoms with van der Waals surface area (Å²) in [7, 11) is 5.84. The molecular weight excluding hydrogens is 447 g/mol. The van der Waals surface area contributed by atoms with Gasteiger partial charge in [0.2, 0.25) is 0 Å². The summed E-state index contributed by atoms with van der Waals surface area (Å²) in [4.78, 5) is 2.54. The van der Waals surface area contributed by atoms with Gasteiger partial charge in [0.05, 0.1) is 0 Å². The number of thiophene rings is 1. The number of aryl methyl sites for hydroxylation is 2. The zero-order valence-corrected chi connectivity index (χ0v) is 19.6. The molecule has 0 bridgehead atoms. The maximum absolute atomic E-state index is 10.5. The Labute approximate surface area is 188 Å². The van der Waals surface area contributed by atoms with Crippen LogP contribution in [0.15, 0.2) is 34.8 Å². The van der Waals surface area contributed by atoms with E-state index < -0.39 is 6.10 Å². The Hall–Kier alpha value is -0.525. The second-order valence-corrected chi connectivity index (χ2v) is 10.1. The minimum atomic E-state index is -0.498. The Kier molecular flexibility index (Phi) is 11.1. The quantitative estimate of drug-likeness (QED) is 0.237. The fourth-order valence-electron chi connectivity index (χ4n) is 4.02. The summed E-state index contributed by atoms with van der Waals surface area (Å²) in [5, 5.41) is 29.8. The molecule has 1 heterocycles. The Morgan fingerprint density at radius 1 is 1.34 bits per heavy atom. The molecule has 159 valence electrons. The van der Waals surface area contributed by atoms with E-state index in [1.807, 2.05) is 6.08 Å². The predicted octanol–water partition coefficient (Wildman–Crippen LogP) is 4.36. The van der Waals surface area contributed by atoms with Gasteiger partial charge < -0.3 is 0 Å². The van der Waals surface area contributed by atoms with E-state index >= 15 is 0 Å². The number of hydrogen-bond donors (Lipinski definition) is 3. The van der Waals surface area contributed by atoms with Gasteiger partial charge in [-0.25, -0.2) is 0 Å². The normalized spacial score (nSPS) is 25.9. The molecule has 1 aliphatic carbocycles. The number of hydrogen-bond acceptors (Lipinski definition) is 4. The van der Waals surface area contributed by atoms with Gasteiger partial charge in [-0.1, -0.05) is 0 Å². The summed E-state index contributed by atoms with van der Waals surface area (Å²) in [6.07, 6.45) is 13.1. The monoisotopic (exact) mass is 479 g/mol. The van der Waals surface area contributed by atoms with Crippen LogP contribution >= 0.6 is 27.3 Å². The van der Waals surface area contributed by atoms with E-state index in [-0.39, 0.29) is 30.5 Å². The molecule has 0 aromatic carbocycles. The molecule has 0 spiro atoms. The second-order valence-electron chi connectivity index (χ2n) is 7.93. The number of unbranched alkanes of at least 4 members (excludes halogenated alkanes) is 2. The van der Waals surface area contributed by atoms with Crippen molar-refractivity contribution >= 4 is 40.7 Å². The Bertz CT molecular complexity index is 668. The van der Waals surface area contributed by atoms with Gasteiger partial charge in [0, 0.05) is 0 Å². The van der Waals surface area contributed by atoms with Gasteiger partial charge >= 0.3 is 189 Å². The number of aliphatic hydroxyl groups is 3. The van der Waals surface area contributed by atoms with E-state index in [1.54, 1.807) is 17.3 Å². The van der Waals surface area contributed by atoms with Crippen LogP contribution in [0.2, 0.25) is 0 Å². The molecule has 0 aliphatic heterocycles. The average molecular weight is 480 g/mol. The second kappa shape index (κ2) is 13.0. The Balaban J connectivity index is 1.89. The van der Waals surface area contributed by atoms with Gasteiger partial charge in [0.25, 0.3) is 0 Å². The summed E-state index contributed by atoms with van der Waals surface area (Å²) in [6.45, 7) is 2.33. The van der Waals surface area contributed by atoms with Crippen LogP contribution < -0.4 is 0 Å². The fourth-order valence-corrected chi connectivity index (χ4v) is 5.64. The van der Waals surface area contributed by atoms with E-state index in [1.165, 1.54) is 9.75 Å². The molecule has 1 fully saturated rings. The van der Waals surface area contributed by atoms with Crippen molar-refractivity contribution in [1.82, 2.24) is 0 Å². The molecule has 1 aromatic heterocycles. The van der Waals surface area contributed by atoms with Gasteiger partial charge in [0.1, 0.15) is 0 Å². The third-order valence-corrected chi connectivity index (χ3v) is 7.94. The molecule has 3 nitrogen and oxygen atoms in total. The van der Waals surface area contributed by atoms with E-state index in [9.17, 15) is 10.2 Å². The molecule has 5 atom stereocenters. The number of rotatable bonds is 12. The molecule has 1 radical (unpaired) electrons. The van der Waals surface area contributed by atoms with Gasteiger partial charge in [0.15, 0.2) is 0 Å². The van der Waals surface area contributed by atoms with Crippen LogP contribution in [0, 0.1) is 24.7 Å². The van der Waals surface area contributed by atoms with Crippen molar-refractivity contribution in [3.8, 4) is 0 Å². The Morgan fingerprint density at radius 3 is 2.79 bits per heavy atom. The molecule has 29 heavy (non-hydrogen) atoms. The van der Waals surface area contributed by atoms with Gasteiger partial charge in [-0.15, -0.1) is 0 Å². The third-order valence-electron chi connectivity index (χ3n) is 5.75. The first kappa shape index (κ1) is 24.7. The first-order valence-corrected chi connectivity index (χ1v) is 12.2. The van der Waals surface area contributed by atoms with Gasteiger partial charge in [-0.3, -0.25) is 0 Å². The summed E-state index contributed by atoms with van der Waals surface area (Å²) in [5.74, 6) is 2.09. The summed E-state index contributed by atoms with van der Waals surface area (Å²) >= 11 is 5.30. The van der Waals surface area contributed by atoms with Crippen molar-refractivity contribution in [3.05, 3.63) is 44.6 Å². The van der Waals surface area contributed by atoms with Crippen LogP contribution in [-0.4, -0.2) is 47.6 Å². The zero-order valence-electron chi connectivity index (χ0n) is 17.2. The number of aliphatic hydroxyl groups excluding tert-OH is 3. The number of allylic oxidation sites excluding steroid dienone is 3.